The SMILES string of the molecule is CCC(NS(=O)(=O)c1cccc(CS(=O)(=O)CCCNC(=O)c2ccc(S(C)(=O)=O)s2)c1)C(=O)OC. The molecule has 0 saturated heterocycles. The Kier molecular flexibility index (Phi) is 10.2. The summed E-state index contributed by atoms with van der Waals surface area (Å²) in [6, 6.07) is 7.04. The number of hydrogen-bond acceptors (Lipinski definition) is 10. The molecule has 0 fully saturated rings. The summed E-state index contributed by atoms with van der Waals surface area (Å²) >= 11 is 0.826. The normalized spacial score (nSPS) is 13.2. The number of sulfonamides is 1. The number of sulfone groups is 2. The van der Waals surface area contributed by atoms with Crippen LogP contribution in [0.5, 0.6) is 0 Å². The fourth-order valence-corrected chi connectivity index (χ4v) is 7.64. The van der Waals surface area contributed by atoms with Gasteiger partial charge in [-0.3, -0.25) is 9.59 Å². The maximum absolute atomic E-state index is 12.6. The van der Waals surface area contributed by atoms with Gasteiger partial charge >= 0.3 is 5.97 Å². The van der Waals surface area contributed by atoms with Gasteiger partial charge in [-0.15, -0.1) is 11.3 Å². The Balaban J connectivity index is 1.95. The zero-order chi connectivity index (χ0) is 27.1. The molecular formula is C21H28N2O9S4. The third kappa shape index (κ3) is 8.65. The van der Waals surface area contributed by atoms with Crippen LogP contribution in [0.15, 0.2) is 45.5 Å². The van der Waals surface area contributed by atoms with Gasteiger partial charge in [0, 0.05) is 12.8 Å². The van der Waals surface area contributed by atoms with Crippen LogP contribution in [-0.4, -0.2) is 68.8 Å². The third-order valence-electron chi connectivity index (χ3n) is 4.87. The molecule has 0 aliphatic heterocycles. The van der Waals surface area contributed by atoms with Crippen LogP contribution < -0.4 is 10.0 Å². The first-order valence-electron chi connectivity index (χ1n) is 10.7. The molecule has 15 heteroatoms. The van der Waals surface area contributed by atoms with Gasteiger partial charge in [0.15, 0.2) is 19.7 Å². The van der Waals surface area contributed by atoms with Crippen molar-refractivity contribution in [3.05, 3.63) is 46.8 Å². The van der Waals surface area contributed by atoms with Crippen molar-refractivity contribution in [2.45, 2.75) is 40.7 Å². The van der Waals surface area contributed by atoms with E-state index >= 15 is 0 Å². The number of carbonyl (C=O) groups is 2. The summed E-state index contributed by atoms with van der Waals surface area (Å²) in [7, 11) is -10.0. The molecule has 0 radical (unpaired) electrons. The quantitative estimate of drug-likeness (QED) is 0.260. The minimum absolute atomic E-state index is 0.0500. The van der Waals surface area contributed by atoms with Gasteiger partial charge in [0.2, 0.25) is 10.0 Å². The molecular weight excluding hydrogens is 553 g/mol. The first-order chi connectivity index (χ1) is 16.7. The molecule has 2 rings (SSSR count). The van der Waals surface area contributed by atoms with Crippen molar-refractivity contribution in [2.24, 2.45) is 0 Å². The molecule has 36 heavy (non-hydrogen) atoms. The molecule has 0 saturated carbocycles. The third-order valence-corrected chi connectivity index (χ3v) is 10.9. The van der Waals surface area contributed by atoms with E-state index in [-0.39, 0.29) is 44.7 Å². The summed E-state index contributed by atoms with van der Waals surface area (Å²) in [6.07, 6.45) is 1.31. The van der Waals surface area contributed by atoms with Crippen molar-refractivity contribution in [1.29, 1.82) is 0 Å². The second-order valence-corrected chi connectivity index (χ2v) is 15.1. The fourth-order valence-electron chi connectivity index (χ4n) is 3.05. The van der Waals surface area contributed by atoms with E-state index in [0.717, 1.165) is 24.7 Å². The molecule has 1 aromatic heterocycles. The van der Waals surface area contributed by atoms with E-state index in [9.17, 15) is 34.8 Å². The van der Waals surface area contributed by atoms with E-state index in [1.165, 1.54) is 36.4 Å². The highest BCUT2D eigenvalue weighted by Gasteiger charge is 2.25. The average molecular weight is 581 g/mol. The second kappa shape index (κ2) is 12.3. The lowest BCUT2D eigenvalue weighted by Gasteiger charge is -2.15. The highest BCUT2D eigenvalue weighted by molar-refractivity contribution is 7.92. The van der Waals surface area contributed by atoms with Crippen molar-refractivity contribution in [3.63, 3.8) is 0 Å². The predicted molar refractivity (Wildman–Crippen MR) is 135 cm³/mol. The fraction of sp³-hybridized carbons (Fsp3) is 0.429. The topological polar surface area (TPSA) is 170 Å². The van der Waals surface area contributed by atoms with Gasteiger partial charge in [0.25, 0.3) is 5.91 Å². The molecule has 1 unspecified atom stereocenters. The van der Waals surface area contributed by atoms with Gasteiger partial charge in [-0.25, -0.2) is 25.3 Å². The molecule has 1 amide bonds. The van der Waals surface area contributed by atoms with Crippen molar-refractivity contribution in [3.8, 4) is 0 Å². The van der Waals surface area contributed by atoms with Crippen molar-refractivity contribution in [1.82, 2.24) is 10.0 Å². The average Bonchev–Trinajstić information content (AvgIpc) is 3.31. The number of benzene rings is 1. The van der Waals surface area contributed by atoms with Gasteiger partial charge < -0.3 is 10.1 Å². The Morgan fingerprint density at radius 3 is 2.33 bits per heavy atom. The first-order valence-corrected chi connectivity index (χ1v) is 16.7. The summed E-state index contributed by atoms with van der Waals surface area (Å²) in [5.74, 6) is -1.92. The highest BCUT2D eigenvalue weighted by Crippen LogP contribution is 2.21. The van der Waals surface area contributed by atoms with Gasteiger partial charge in [-0.1, -0.05) is 19.1 Å². The Morgan fingerprint density at radius 2 is 1.75 bits per heavy atom. The number of carbonyl (C=O) groups excluding carboxylic acids is 2. The molecule has 1 aromatic carbocycles. The monoisotopic (exact) mass is 580 g/mol. The number of nitrogens with one attached hydrogen (secondary N) is 2. The molecule has 1 heterocycles. The van der Waals surface area contributed by atoms with Gasteiger partial charge in [-0.05, 0) is 42.7 Å². The first kappa shape index (κ1) is 29.9. The largest absolute Gasteiger partial charge is 0.468 e. The maximum atomic E-state index is 12.6. The number of hydrogen-bond donors (Lipinski definition) is 2. The van der Waals surface area contributed by atoms with E-state index in [4.69, 9.17) is 0 Å². The summed E-state index contributed by atoms with van der Waals surface area (Å²) in [5.41, 5.74) is 0.250. The lowest BCUT2D eigenvalue weighted by molar-refractivity contribution is -0.142. The molecule has 2 aromatic rings. The molecule has 11 nitrogen and oxygen atoms in total. The standard InChI is InChI=1S/C21H28N2O9S4/c1-4-17(21(25)32-2)23-36(30,31)16-8-5-7-15(13-16)14-35(28,29)12-6-11-22-20(24)18-9-10-19(33-18)34(3,26)27/h5,7-10,13,17,23H,4,6,11-12,14H2,1-3H3,(H,22,24). The second-order valence-electron chi connectivity index (χ2n) is 7.85. The van der Waals surface area contributed by atoms with Crippen LogP contribution >= 0.6 is 11.3 Å². The minimum Gasteiger partial charge on any atom is -0.468 e. The molecule has 200 valence electrons. The van der Waals surface area contributed by atoms with Crippen molar-refractivity contribution >= 4 is 52.9 Å². The van der Waals surface area contributed by atoms with Crippen LogP contribution in [0.2, 0.25) is 0 Å². The maximum Gasteiger partial charge on any atom is 0.323 e. The number of ether oxygens (including phenoxy) is 1. The Bertz CT molecular complexity index is 1410. The van der Waals surface area contributed by atoms with E-state index in [2.05, 4.69) is 14.8 Å². The molecule has 2 N–H and O–H groups in total. The lowest BCUT2D eigenvalue weighted by Crippen LogP contribution is -2.40. The molecule has 0 spiro atoms. The van der Waals surface area contributed by atoms with Crippen LogP contribution in [0, 0.1) is 0 Å². The predicted octanol–water partition coefficient (Wildman–Crippen LogP) is 1.12. The Labute approximate surface area is 215 Å². The number of esters is 1. The number of rotatable bonds is 13. The van der Waals surface area contributed by atoms with Crippen LogP contribution in [0.3, 0.4) is 0 Å². The van der Waals surface area contributed by atoms with E-state index in [1.807, 2.05) is 0 Å². The van der Waals surface area contributed by atoms with Crippen molar-refractivity contribution in [2.75, 3.05) is 25.7 Å². The number of amides is 1. The van der Waals surface area contributed by atoms with Crippen LogP contribution in [0.1, 0.15) is 35.0 Å². The summed E-state index contributed by atoms with van der Waals surface area (Å²) in [4.78, 5) is 23.9. The molecule has 0 aliphatic carbocycles. The zero-order valence-corrected chi connectivity index (χ0v) is 23.2. The Morgan fingerprint density at radius 1 is 1.06 bits per heavy atom. The van der Waals surface area contributed by atoms with E-state index in [1.54, 1.807) is 6.92 Å². The number of thiophene rings is 1. The molecule has 0 bridgehead atoms. The van der Waals surface area contributed by atoms with Crippen molar-refractivity contribution < 1.29 is 39.6 Å². The molecule has 0 aliphatic rings. The lowest BCUT2D eigenvalue weighted by atomic mass is 10.2. The van der Waals surface area contributed by atoms with Gasteiger partial charge in [-0.2, -0.15) is 4.72 Å². The van der Waals surface area contributed by atoms with E-state index < -0.39 is 53.4 Å². The Hall–Kier alpha value is -2.33. The smallest absolute Gasteiger partial charge is 0.323 e. The van der Waals surface area contributed by atoms with Crippen LogP contribution in [0.4, 0.5) is 0 Å². The zero-order valence-electron chi connectivity index (χ0n) is 19.9. The molecule has 1 atom stereocenters. The van der Waals surface area contributed by atoms with Gasteiger partial charge in [0.1, 0.15) is 10.3 Å². The van der Waals surface area contributed by atoms with Crippen LogP contribution in [-0.2, 0) is 45.0 Å². The van der Waals surface area contributed by atoms with E-state index in [0.29, 0.717) is 0 Å². The van der Waals surface area contributed by atoms with Crippen LogP contribution in [0.25, 0.3) is 0 Å². The summed E-state index contributed by atoms with van der Waals surface area (Å²) < 4.78 is 80.3. The summed E-state index contributed by atoms with van der Waals surface area (Å²) in [5, 5.41) is 2.55. The van der Waals surface area contributed by atoms with Gasteiger partial charge in [0.05, 0.1) is 28.4 Å². The summed E-state index contributed by atoms with van der Waals surface area (Å²) in [6.45, 7) is 1.66. The number of methoxy groups -OCH3 is 1. The minimum atomic E-state index is -4.10. The highest BCUT2D eigenvalue weighted by atomic mass is 32.2.